The average molecular weight is 490 g/mol. The second kappa shape index (κ2) is 10.2. The molecule has 1 saturated heterocycles. The molecular weight excluding hydrogens is 460 g/mol. The van der Waals surface area contributed by atoms with Gasteiger partial charge in [0, 0.05) is 30.0 Å². The third kappa shape index (κ3) is 5.19. The minimum atomic E-state index is -0.971. The lowest BCUT2D eigenvalue weighted by atomic mass is 9.74. The lowest BCUT2D eigenvalue weighted by Gasteiger charge is -2.39. The van der Waals surface area contributed by atoms with Gasteiger partial charge in [0.15, 0.2) is 0 Å². The molecule has 1 N–H and O–H groups in total. The Labute approximate surface area is 209 Å². The van der Waals surface area contributed by atoms with Gasteiger partial charge in [0.1, 0.15) is 24.0 Å². The highest BCUT2D eigenvalue weighted by atomic mass is 19.1. The monoisotopic (exact) mass is 489 g/mol. The van der Waals surface area contributed by atoms with Crippen LogP contribution in [0.1, 0.15) is 47.1 Å². The molecule has 2 aliphatic rings. The van der Waals surface area contributed by atoms with E-state index in [0.717, 1.165) is 25.9 Å². The number of carboxylic acids is 1. The average Bonchev–Trinajstić information content (AvgIpc) is 3.23. The van der Waals surface area contributed by atoms with Crippen molar-refractivity contribution in [1.29, 1.82) is 0 Å². The normalized spacial score (nSPS) is 16.3. The Balaban J connectivity index is 1.15. The van der Waals surface area contributed by atoms with E-state index in [1.807, 2.05) is 6.07 Å². The summed E-state index contributed by atoms with van der Waals surface area (Å²) in [6, 6.07) is 18.1. The lowest BCUT2D eigenvalue weighted by Crippen LogP contribution is -2.40. The first kappa shape index (κ1) is 24.2. The van der Waals surface area contributed by atoms with Crippen LogP contribution in [0.25, 0.3) is 6.08 Å². The Morgan fingerprint density at radius 1 is 0.972 bits per heavy atom. The summed E-state index contributed by atoms with van der Waals surface area (Å²) in [4.78, 5) is 13.0. The van der Waals surface area contributed by atoms with Gasteiger partial charge in [-0.15, -0.1) is 0 Å². The Kier molecular flexibility index (Phi) is 6.88. The number of hydrogen-bond acceptors (Lipinski definition) is 3. The van der Waals surface area contributed by atoms with Gasteiger partial charge in [0.05, 0.1) is 0 Å². The maximum Gasteiger partial charge on any atom is 0.303 e. The van der Waals surface area contributed by atoms with Crippen molar-refractivity contribution in [2.75, 3.05) is 13.1 Å². The summed E-state index contributed by atoms with van der Waals surface area (Å²) in [6.07, 6.45) is 6.62. The first-order chi connectivity index (χ1) is 17.4. The largest absolute Gasteiger partial charge is 0.489 e. The summed E-state index contributed by atoms with van der Waals surface area (Å²) in [7, 11) is 0. The number of benzene rings is 3. The molecule has 0 aromatic heterocycles. The summed E-state index contributed by atoms with van der Waals surface area (Å²) in [6.45, 7) is 2.51. The Bertz CT molecular complexity index is 1300. The number of carbonyl (C=O) groups is 1. The molecule has 5 rings (SSSR count). The van der Waals surface area contributed by atoms with E-state index in [-0.39, 0.29) is 30.7 Å². The highest BCUT2D eigenvalue weighted by molar-refractivity contribution is 5.67. The highest BCUT2D eigenvalue weighted by Crippen LogP contribution is 2.43. The fourth-order valence-electron chi connectivity index (χ4n) is 5.26. The molecule has 1 aliphatic heterocycles. The number of ether oxygens (including phenoxy) is 1. The van der Waals surface area contributed by atoms with Gasteiger partial charge in [-0.1, -0.05) is 54.6 Å². The number of halogens is 2. The number of carboxylic acid groups (broad SMARTS) is 1. The van der Waals surface area contributed by atoms with E-state index in [4.69, 9.17) is 9.84 Å². The smallest absolute Gasteiger partial charge is 0.303 e. The van der Waals surface area contributed by atoms with E-state index < -0.39 is 11.8 Å². The van der Waals surface area contributed by atoms with Gasteiger partial charge in [0.2, 0.25) is 0 Å². The summed E-state index contributed by atoms with van der Waals surface area (Å²) < 4.78 is 34.7. The maximum absolute atomic E-state index is 14.9. The van der Waals surface area contributed by atoms with E-state index in [1.165, 1.54) is 29.3 Å². The van der Waals surface area contributed by atoms with Gasteiger partial charge in [-0.25, -0.2) is 8.78 Å². The third-order valence-electron chi connectivity index (χ3n) is 7.38. The van der Waals surface area contributed by atoms with Crippen molar-refractivity contribution in [3.63, 3.8) is 0 Å². The molecule has 0 unspecified atom stereocenters. The number of rotatable bonds is 8. The molecular formula is C30H29F2NO3. The second-order valence-corrected chi connectivity index (χ2v) is 9.71. The predicted molar refractivity (Wildman–Crippen MR) is 135 cm³/mol. The number of aryl methyl sites for hydroxylation is 1. The molecule has 4 nitrogen and oxygen atoms in total. The highest BCUT2D eigenvalue weighted by Gasteiger charge is 2.37. The van der Waals surface area contributed by atoms with Crippen molar-refractivity contribution in [1.82, 2.24) is 4.90 Å². The van der Waals surface area contributed by atoms with Gasteiger partial charge < -0.3 is 9.84 Å². The summed E-state index contributed by atoms with van der Waals surface area (Å²) >= 11 is 0. The van der Waals surface area contributed by atoms with Crippen molar-refractivity contribution in [3.8, 4) is 5.75 Å². The topological polar surface area (TPSA) is 49.8 Å². The van der Waals surface area contributed by atoms with Crippen LogP contribution < -0.4 is 4.74 Å². The number of piperidine rings is 1. The van der Waals surface area contributed by atoms with Crippen molar-refractivity contribution in [2.24, 2.45) is 0 Å². The van der Waals surface area contributed by atoms with Gasteiger partial charge >= 0.3 is 5.97 Å². The van der Waals surface area contributed by atoms with E-state index >= 15 is 0 Å². The van der Waals surface area contributed by atoms with Crippen LogP contribution in [0.4, 0.5) is 8.78 Å². The van der Waals surface area contributed by atoms with Crippen molar-refractivity contribution < 1.29 is 23.4 Å². The second-order valence-electron chi connectivity index (χ2n) is 9.71. The fourth-order valence-corrected chi connectivity index (χ4v) is 5.26. The molecule has 0 amide bonds. The van der Waals surface area contributed by atoms with Gasteiger partial charge in [-0.2, -0.15) is 0 Å². The van der Waals surface area contributed by atoms with Crippen LogP contribution in [0.3, 0.4) is 0 Å². The minimum absolute atomic E-state index is 0.112. The zero-order chi connectivity index (χ0) is 25.1. The molecule has 0 bridgehead atoms. The SMILES string of the molecule is O=C(O)CCc1ccc(OCc2ccc(CN3CCC4(C=Cc5ccccc54)CC3)c(F)c2)cc1F. The van der Waals surface area contributed by atoms with Crippen molar-refractivity contribution in [2.45, 2.75) is 44.2 Å². The molecule has 0 radical (unpaired) electrons. The molecule has 6 heteroatoms. The first-order valence-corrected chi connectivity index (χ1v) is 12.3. The number of nitrogens with zero attached hydrogens (tertiary/aromatic N) is 1. The fraction of sp³-hybridized carbons (Fsp3) is 0.300. The number of hydrogen-bond donors (Lipinski definition) is 1. The Morgan fingerprint density at radius 2 is 1.72 bits per heavy atom. The Morgan fingerprint density at radius 3 is 2.47 bits per heavy atom. The molecule has 1 fully saturated rings. The van der Waals surface area contributed by atoms with Crippen LogP contribution in [0.15, 0.2) is 66.7 Å². The third-order valence-corrected chi connectivity index (χ3v) is 7.38. The van der Waals surface area contributed by atoms with Crippen molar-refractivity contribution >= 4 is 12.0 Å². The van der Waals surface area contributed by atoms with E-state index in [2.05, 4.69) is 41.3 Å². The first-order valence-electron chi connectivity index (χ1n) is 12.3. The number of likely N-dealkylation sites (tertiary alicyclic amines) is 1. The molecule has 0 saturated carbocycles. The molecule has 3 aromatic carbocycles. The van der Waals surface area contributed by atoms with Crippen LogP contribution in [0.5, 0.6) is 5.75 Å². The molecule has 0 atom stereocenters. The standard InChI is InChI=1S/C30H29F2NO3/c31-27-17-21(20-36-25-9-7-23(28(32)18-25)8-10-29(34)35)5-6-24(27)19-33-15-13-30(14-16-33)12-11-22-3-1-2-4-26(22)30/h1-7,9,11-12,17-18H,8,10,13-16,19-20H2,(H,34,35). The number of allylic oxidation sites excluding steroid dienone is 1. The summed E-state index contributed by atoms with van der Waals surface area (Å²) in [5.74, 6) is -1.42. The van der Waals surface area contributed by atoms with Gasteiger partial charge in [0.25, 0.3) is 0 Å². The zero-order valence-corrected chi connectivity index (χ0v) is 20.1. The lowest BCUT2D eigenvalue weighted by molar-refractivity contribution is -0.136. The minimum Gasteiger partial charge on any atom is -0.489 e. The molecule has 186 valence electrons. The summed E-state index contributed by atoms with van der Waals surface area (Å²) in [5.41, 5.74) is 4.49. The zero-order valence-electron chi connectivity index (χ0n) is 20.1. The van der Waals surface area contributed by atoms with E-state index in [0.29, 0.717) is 29.0 Å². The van der Waals surface area contributed by atoms with Gasteiger partial charge in [-0.3, -0.25) is 9.69 Å². The Hall–Kier alpha value is -3.51. The molecule has 1 spiro atoms. The van der Waals surface area contributed by atoms with Crippen LogP contribution in [-0.4, -0.2) is 29.1 Å². The van der Waals surface area contributed by atoms with Crippen LogP contribution in [0.2, 0.25) is 0 Å². The predicted octanol–water partition coefficient (Wildman–Crippen LogP) is 6.12. The van der Waals surface area contributed by atoms with Gasteiger partial charge in [-0.05, 0) is 66.7 Å². The van der Waals surface area contributed by atoms with Crippen LogP contribution in [-0.2, 0) is 29.8 Å². The quantitative estimate of drug-likeness (QED) is 0.414. The van der Waals surface area contributed by atoms with Crippen LogP contribution >= 0.6 is 0 Å². The van der Waals surface area contributed by atoms with Crippen LogP contribution in [0, 0.1) is 11.6 Å². The number of aliphatic carboxylic acids is 1. The molecule has 3 aromatic rings. The van der Waals surface area contributed by atoms with Crippen molar-refractivity contribution in [3.05, 3.63) is 106 Å². The molecule has 36 heavy (non-hydrogen) atoms. The molecule has 1 aliphatic carbocycles. The molecule has 1 heterocycles. The van der Waals surface area contributed by atoms with E-state index in [9.17, 15) is 13.6 Å². The van der Waals surface area contributed by atoms with E-state index in [1.54, 1.807) is 12.1 Å². The number of fused-ring (bicyclic) bond motifs is 2. The summed E-state index contributed by atoms with van der Waals surface area (Å²) in [5, 5.41) is 8.76. The maximum atomic E-state index is 14.9.